The summed E-state index contributed by atoms with van der Waals surface area (Å²) in [7, 11) is 0. The van der Waals surface area contributed by atoms with Crippen molar-refractivity contribution in [1.29, 1.82) is 0 Å². The number of thiol groups is 1. The molecule has 0 saturated heterocycles. The van der Waals surface area contributed by atoms with Crippen LogP contribution in [0.5, 0.6) is 0 Å². The van der Waals surface area contributed by atoms with E-state index in [0.717, 1.165) is 0 Å². The van der Waals surface area contributed by atoms with Gasteiger partial charge in [0.15, 0.2) is 0 Å². The van der Waals surface area contributed by atoms with Crippen LogP contribution in [0.3, 0.4) is 0 Å². The predicted octanol–water partition coefficient (Wildman–Crippen LogP) is -0.979. The van der Waals surface area contributed by atoms with Gasteiger partial charge in [0.25, 0.3) is 0 Å². The second-order valence-electron chi connectivity index (χ2n) is 0.624. The summed E-state index contributed by atoms with van der Waals surface area (Å²) < 4.78 is 0. The molecule has 0 aromatic heterocycles. The van der Waals surface area contributed by atoms with Gasteiger partial charge in [-0.1, -0.05) is 0 Å². The van der Waals surface area contributed by atoms with Crippen molar-refractivity contribution in [2.75, 3.05) is 5.75 Å². The molecular formula is C2H5NOSSb. The molecule has 0 spiro atoms. The van der Waals surface area contributed by atoms with E-state index in [1.54, 1.807) is 0 Å². The summed E-state index contributed by atoms with van der Waals surface area (Å²) in [6, 6.07) is 0. The van der Waals surface area contributed by atoms with Crippen LogP contribution in [0.1, 0.15) is 0 Å². The molecule has 0 saturated carbocycles. The van der Waals surface area contributed by atoms with E-state index < -0.39 is 0 Å². The maximum atomic E-state index is 9.51. The average molecular weight is 213 g/mol. The molecule has 0 bridgehead atoms. The van der Waals surface area contributed by atoms with Crippen molar-refractivity contribution < 1.29 is 4.79 Å². The van der Waals surface area contributed by atoms with Crippen LogP contribution in [-0.2, 0) is 4.79 Å². The minimum Gasteiger partial charge on any atom is -0.369 e. The van der Waals surface area contributed by atoms with Crippen molar-refractivity contribution in [1.82, 2.24) is 0 Å². The molecule has 0 unspecified atom stereocenters. The molecule has 1 amide bonds. The van der Waals surface area contributed by atoms with E-state index in [-0.39, 0.29) is 36.1 Å². The van der Waals surface area contributed by atoms with Crippen LogP contribution in [0.2, 0.25) is 0 Å². The minimum atomic E-state index is -0.381. The summed E-state index contributed by atoms with van der Waals surface area (Å²) in [5.74, 6) is -0.242. The number of amides is 1. The summed E-state index contributed by atoms with van der Waals surface area (Å²) >= 11 is 3.54. The molecule has 2 N–H and O–H groups in total. The second-order valence-corrected chi connectivity index (χ2v) is 0.941. The molecular weight excluding hydrogens is 208 g/mol. The SMILES string of the molecule is NC(=O)CS.[Sb]. The van der Waals surface area contributed by atoms with Crippen molar-refractivity contribution >= 4 is 43.0 Å². The Balaban J connectivity index is 0. The van der Waals surface area contributed by atoms with Gasteiger partial charge < -0.3 is 5.73 Å². The maximum Gasteiger partial charge on any atom is 0.227 e. The number of carbonyl (C=O) groups excluding carboxylic acids is 1. The van der Waals surface area contributed by atoms with Gasteiger partial charge in [0.1, 0.15) is 0 Å². The van der Waals surface area contributed by atoms with Crippen molar-refractivity contribution in [2.45, 2.75) is 0 Å². The van der Waals surface area contributed by atoms with Gasteiger partial charge in [0.2, 0.25) is 5.91 Å². The maximum absolute atomic E-state index is 9.51. The molecule has 6 heavy (non-hydrogen) atoms. The van der Waals surface area contributed by atoms with Crippen molar-refractivity contribution in [3.05, 3.63) is 0 Å². The van der Waals surface area contributed by atoms with Gasteiger partial charge in [-0.25, -0.2) is 0 Å². The fourth-order valence-corrected chi connectivity index (χ4v) is 0. The van der Waals surface area contributed by atoms with Crippen LogP contribution in [0.25, 0.3) is 0 Å². The minimum absolute atomic E-state index is 0. The van der Waals surface area contributed by atoms with E-state index in [0.29, 0.717) is 0 Å². The molecule has 35 valence electrons. The van der Waals surface area contributed by atoms with Gasteiger partial charge in [0, 0.05) is 24.4 Å². The fraction of sp³-hybridized carbons (Fsp3) is 0.500. The normalized spacial score (nSPS) is 6.17. The molecule has 0 atom stereocenters. The van der Waals surface area contributed by atoms with Crippen LogP contribution >= 0.6 is 12.6 Å². The van der Waals surface area contributed by atoms with Gasteiger partial charge in [0.05, 0.1) is 5.75 Å². The molecule has 0 aromatic rings. The summed E-state index contributed by atoms with van der Waals surface area (Å²) in [4.78, 5) is 9.51. The first-order valence-electron chi connectivity index (χ1n) is 1.16. The zero-order valence-corrected chi connectivity index (χ0v) is 6.53. The molecule has 3 radical (unpaired) electrons. The van der Waals surface area contributed by atoms with Crippen LogP contribution in [0.15, 0.2) is 0 Å². The van der Waals surface area contributed by atoms with Gasteiger partial charge in [-0.2, -0.15) is 12.6 Å². The van der Waals surface area contributed by atoms with E-state index in [9.17, 15) is 4.79 Å². The summed E-state index contributed by atoms with van der Waals surface area (Å²) in [6.07, 6.45) is 0. The number of nitrogens with two attached hydrogens (primary N) is 1. The number of hydrogen-bond acceptors (Lipinski definition) is 2. The summed E-state index contributed by atoms with van der Waals surface area (Å²) in [6.45, 7) is 0. The Kier molecular flexibility index (Phi) is 9.22. The van der Waals surface area contributed by atoms with Gasteiger partial charge in [-0.3, -0.25) is 4.79 Å². The number of carbonyl (C=O) groups is 1. The van der Waals surface area contributed by atoms with E-state index >= 15 is 0 Å². The van der Waals surface area contributed by atoms with Crippen LogP contribution in [-0.4, -0.2) is 36.1 Å². The molecule has 2 nitrogen and oxygen atoms in total. The molecule has 0 aliphatic rings. The Hall–Kier alpha value is 0.638. The number of hydrogen-bond donors (Lipinski definition) is 2. The molecule has 4 heteroatoms. The first-order valence-corrected chi connectivity index (χ1v) is 1.80. The Morgan fingerprint density at radius 1 is 1.83 bits per heavy atom. The third kappa shape index (κ3) is 8.82. The Morgan fingerprint density at radius 2 is 2.00 bits per heavy atom. The molecule has 0 aliphatic heterocycles. The quantitative estimate of drug-likeness (QED) is 0.426. The van der Waals surface area contributed by atoms with E-state index in [1.807, 2.05) is 0 Å². The van der Waals surface area contributed by atoms with Crippen LogP contribution < -0.4 is 5.73 Å². The van der Waals surface area contributed by atoms with Crippen LogP contribution in [0.4, 0.5) is 0 Å². The smallest absolute Gasteiger partial charge is 0.227 e. The zero-order valence-electron chi connectivity index (χ0n) is 3.09. The monoisotopic (exact) mass is 212 g/mol. The van der Waals surface area contributed by atoms with Crippen molar-refractivity contribution in [3.8, 4) is 0 Å². The molecule has 0 aromatic carbocycles. The van der Waals surface area contributed by atoms with E-state index in [1.165, 1.54) is 0 Å². The van der Waals surface area contributed by atoms with Gasteiger partial charge in [-0.15, -0.1) is 0 Å². The van der Waals surface area contributed by atoms with Crippen LogP contribution in [0, 0.1) is 0 Å². The first-order chi connectivity index (χ1) is 2.27. The number of primary amides is 1. The standard InChI is InChI=1S/C2H5NOS.Sb/c3-2(4)1-5;/h5H,1H2,(H2,3,4);. The third-order valence-electron chi connectivity index (χ3n) is 0.156. The summed E-state index contributed by atoms with van der Waals surface area (Å²) in [5, 5.41) is 0. The Morgan fingerprint density at radius 3 is 2.00 bits per heavy atom. The Labute approximate surface area is 59.3 Å². The first kappa shape index (κ1) is 9.81. The average Bonchev–Trinajstić information content (AvgIpc) is 1.38. The molecule has 0 rings (SSSR count). The van der Waals surface area contributed by atoms with Crippen molar-refractivity contribution in [3.63, 3.8) is 0 Å². The topological polar surface area (TPSA) is 43.1 Å². The predicted molar refractivity (Wildman–Crippen MR) is 28.8 cm³/mol. The second kappa shape index (κ2) is 5.64. The van der Waals surface area contributed by atoms with Gasteiger partial charge in [-0.05, 0) is 0 Å². The van der Waals surface area contributed by atoms with Gasteiger partial charge >= 0.3 is 0 Å². The van der Waals surface area contributed by atoms with Crippen molar-refractivity contribution in [2.24, 2.45) is 5.73 Å². The fourth-order valence-electron chi connectivity index (χ4n) is 0. The van der Waals surface area contributed by atoms with E-state index in [2.05, 4.69) is 18.4 Å². The summed E-state index contributed by atoms with van der Waals surface area (Å²) in [5.41, 5.74) is 4.58. The zero-order chi connectivity index (χ0) is 4.28. The molecule has 0 heterocycles. The third-order valence-corrected chi connectivity index (χ3v) is 0.468. The molecule has 0 fully saturated rings. The largest absolute Gasteiger partial charge is 0.369 e. The van der Waals surface area contributed by atoms with E-state index in [4.69, 9.17) is 0 Å². The Bertz CT molecular complexity index is 48.8. The molecule has 0 aliphatic carbocycles. The number of rotatable bonds is 1.